The van der Waals surface area contributed by atoms with Crippen LogP contribution in [0, 0.1) is 5.92 Å². The van der Waals surface area contributed by atoms with Crippen molar-refractivity contribution >= 4 is 29.2 Å². The summed E-state index contributed by atoms with van der Waals surface area (Å²) in [6, 6.07) is 3.58. The fraction of sp³-hybridized carbons (Fsp3) is 0.429. The van der Waals surface area contributed by atoms with E-state index in [2.05, 4.69) is 5.32 Å². The summed E-state index contributed by atoms with van der Waals surface area (Å²) >= 11 is 6.10. The average Bonchev–Trinajstić information content (AvgIpc) is 3.07. The van der Waals surface area contributed by atoms with E-state index in [1.807, 2.05) is 0 Å². The molecule has 1 aromatic carbocycles. The van der Waals surface area contributed by atoms with Gasteiger partial charge in [-0.05, 0) is 47.9 Å². The number of aliphatic carboxylic acids is 1. The molecule has 1 saturated carbocycles. The van der Waals surface area contributed by atoms with E-state index in [-0.39, 0.29) is 18.2 Å². The standard InChI is InChI=1S/C14H14ClNO3/c15-9-3-8-4-12(17)16-14(8)11(5-9)10(6-13(18)19)7-1-2-7/h3,5,7,10H,1-2,4,6H2,(H,16,17)(H,18,19). The lowest BCUT2D eigenvalue weighted by Gasteiger charge is -2.18. The Morgan fingerprint density at radius 3 is 2.84 bits per heavy atom. The van der Waals surface area contributed by atoms with Crippen molar-refractivity contribution in [2.75, 3.05) is 5.32 Å². The van der Waals surface area contributed by atoms with Crippen LogP contribution in [-0.2, 0) is 16.0 Å². The lowest BCUT2D eigenvalue weighted by molar-refractivity contribution is -0.137. The van der Waals surface area contributed by atoms with Gasteiger partial charge in [0.2, 0.25) is 5.91 Å². The molecule has 2 aliphatic rings. The summed E-state index contributed by atoms with van der Waals surface area (Å²) in [5.74, 6) is -0.516. The number of fused-ring (bicyclic) bond motifs is 1. The van der Waals surface area contributed by atoms with Gasteiger partial charge in [-0.2, -0.15) is 0 Å². The van der Waals surface area contributed by atoms with E-state index < -0.39 is 5.97 Å². The average molecular weight is 280 g/mol. The molecule has 0 saturated heterocycles. The molecule has 2 N–H and O–H groups in total. The zero-order valence-electron chi connectivity index (χ0n) is 10.3. The third kappa shape index (κ3) is 2.45. The molecule has 3 rings (SSSR count). The lowest BCUT2D eigenvalue weighted by atomic mass is 9.88. The Kier molecular flexibility index (Phi) is 2.97. The number of halogens is 1. The molecule has 1 aromatic rings. The van der Waals surface area contributed by atoms with Crippen LogP contribution >= 0.6 is 11.6 Å². The second-order valence-corrected chi connectivity index (χ2v) is 5.73. The van der Waals surface area contributed by atoms with Gasteiger partial charge in [-0.15, -0.1) is 0 Å². The van der Waals surface area contributed by atoms with Crippen LogP contribution < -0.4 is 5.32 Å². The van der Waals surface area contributed by atoms with E-state index in [1.54, 1.807) is 12.1 Å². The third-order valence-corrected chi connectivity index (χ3v) is 4.03. The molecule has 1 aliphatic carbocycles. The van der Waals surface area contributed by atoms with Crippen molar-refractivity contribution in [3.8, 4) is 0 Å². The molecular weight excluding hydrogens is 266 g/mol. The maximum Gasteiger partial charge on any atom is 0.303 e. The first kappa shape index (κ1) is 12.5. The molecular formula is C14H14ClNO3. The van der Waals surface area contributed by atoms with Crippen molar-refractivity contribution in [3.05, 3.63) is 28.3 Å². The van der Waals surface area contributed by atoms with Crippen molar-refractivity contribution in [2.24, 2.45) is 5.92 Å². The first-order chi connectivity index (χ1) is 9.04. The highest BCUT2D eigenvalue weighted by Gasteiger charge is 2.37. The van der Waals surface area contributed by atoms with Crippen LogP contribution in [0.2, 0.25) is 5.02 Å². The molecule has 1 amide bonds. The van der Waals surface area contributed by atoms with Gasteiger partial charge in [-0.25, -0.2) is 0 Å². The Hall–Kier alpha value is -1.55. The molecule has 0 bridgehead atoms. The summed E-state index contributed by atoms with van der Waals surface area (Å²) in [6.07, 6.45) is 2.51. The fourth-order valence-corrected chi connectivity index (χ4v) is 3.09. The van der Waals surface area contributed by atoms with Crippen LogP contribution in [-0.4, -0.2) is 17.0 Å². The SMILES string of the molecule is O=C(O)CC(c1cc(Cl)cc2c1NC(=O)C2)C1CC1. The Bertz CT molecular complexity index is 566. The minimum absolute atomic E-state index is 0.0524. The molecule has 5 heteroatoms. The van der Waals surface area contributed by atoms with Crippen LogP contribution in [0.15, 0.2) is 12.1 Å². The molecule has 100 valence electrons. The van der Waals surface area contributed by atoms with Crippen LogP contribution in [0.25, 0.3) is 0 Å². The van der Waals surface area contributed by atoms with E-state index in [9.17, 15) is 9.59 Å². The third-order valence-electron chi connectivity index (χ3n) is 3.82. The fourth-order valence-electron chi connectivity index (χ4n) is 2.84. The highest BCUT2D eigenvalue weighted by atomic mass is 35.5. The predicted octanol–water partition coefficient (Wildman–Crippen LogP) is 2.80. The second-order valence-electron chi connectivity index (χ2n) is 5.30. The smallest absolute Gasteiger partial charge is 0.303 e. The summed E-state index contributed by atoms with van der Waals surface area (Å²) < 4.78 is 0. The monoisotopic (exact) mass is 279 g/mol. The Morgan fingerprint density at radius 2 is 2.21 bits per heavy atom. The second kappa shape index (κ2) is 4.53. The molecule has 1 heterocycles. The molecule has 1 atom stereocenters. The molecule has 4 nitrogen and oxygen atoms in total. The van der Waals surface area contributed by atoms with Crippen LogP contribution in [0.5, 0.6) is 0 Å². The van der Waals surface area contributed by atoms with E-state index in [1.165, 1.54) is 0 Å². The van der Waals surface area contributed by atoms with Gasteiger partial charge >= 0.3 is 5.97 Å². The number of anilines is 1. The van der Waals surface area contributed by atoms with Gasteiger partial charge in [0.25, 0.3) is 0 Å². The zero-order valence-corrected chi connectivity index (χ0v) is 11.0. The number of hydrogen-bond acceptors (Lipinski definition) is 2. The Labute approximate surface area is 115 Å². The van der Waals surface area contributed by atoms with Gasteiger partial charge in [0.15, 0.2) is 0 Å². The van der Waals surface area contributed by atoms with Crippen LogP contribution in [0.4, 0.5) is 5.69 Å². The van der Waals surface area contributed by atoms with E-state index in [4.69, 9.17) is 16.7 Å². The predicted molar refractivity (Wildman–Crippen MR) is 71.5 cm³/mol. The summed E-state index contributed by atoms with van der Waals surface area (Å²) in [5.41, 5.74) is 2.55. The van der Waals surface area contributed by atoms with Crippen molar-refractivity contribution < 1.29 is 14.7 Å². The number of carbonyl (C=O) groups is 2. The molecule has 1 aliphatic heterocycles. The minimum atomic E-state index is -0.810. The topological polar surface area (TPSA) is 66.4 Å². The number of carboxylic acids is 1. The van der Waals surface area contributed by atoms with E-state index in [0.29, 0.717) is 17.4 Å². The van der Waals surface area contributed by atoms with Gasteiger partial charge < -0.3 is 10.4 Å². The molecule has 0 spiro atoms. The summed E-state index contributed by atoms with van der Waals surface area (Å²) in [6.45, 7) is 0. The van der Waals surface area contributed by atoms with Gasteiger partial charge in [0.05, 0.1) is 12.8 Å². The summed E-state index contributed by atoms with van der Waals surface area (Å²) in [7, 11) is 0. The highest BCUT2D eigenvalue weighted by molar-refractivity contribution is 6.31. The van der Waals surface area contributed by atoms with Crippen LogP contribution in [0.1, 0.15) is 36.3 Å². The number of carboxylic acid groups (broad SMARTS) is 1. The molecule has 19 heavy (non-hydrogen) atoms. The van der Waals surface area contributed by atoms with Gasteiger partial charge in [-0.1, -0.05) is 11.6 Å². The van der Waals surface area contributed by atoms with Gasteiger partial charge in [0.1, 0.15) is 0 Å². The number of hydrogen-bond donors (Lipinski definition) is 2. The van der Waals surface area contributed by atoms with Crippen molar-refractivity contribution in [1.29, 1.82) is 0 Å². The maximum absolute atomic E-state index is 11.5. The lowest BCUT2D eigenvalue weighted by Crippen LogP contribution is -2.11. The maximum atomic E-state index is 11.5. The first-order valence-corrected chi connectivity index (χ1v) is 6.76. The summed E-state index contributed by atoms with van der Waals surface area (Å²) in [5, 5.41) is 12.5. The van der Waals surface area contributed by atoms with Crippen molar-refractivity contribution in [3.63, 3.8) is 0 Å². The number of carbonyl (C=O) groups excluding carboxylic acids is 1. The molecule has 0 aromatic heterocycles. The zero-order chi connectivity index (χ0) is 13.6. The number of amides is 1. The van der Waals surface area contributed by atoms with Gasteiger partial charge in [0, 0.05) is 10.7 Å². The first-order valence-electron chi connectivity index (χ1n) is 6.38. The Morgan fingerprint density at radius 1 is 1.47 bits per heavy atom. The van der Waals surface area contributed by atoms with Crippen molar-refractivity contribution in [1.82, 2.24) is 0 Å². The quantitative estimate of drug-likeness (QED) is 0.891. The number of rotatable bonds is 4. The largest absolute Gasteiger partial charge is 0.481 e. The number of benzene rings is 1. The highest BCUT2D eigenvalue weighted by Crippen LogP contribution is 2.48. The Balaban J connectivity index is 2.03. The minimum Gasteiger partial charge on any atom is -0.481 e. The molecule has 1 unspecified atom stereocenters. The van der Waals surface area contributed by atoms with Crippen LogP contribution in [0.3, 0.4) is 0 Å². The van der Waals surface area contributed by atoms with E-state index in [0.717, 1.165) is 29.7 Å². The molecule has 1 fully saturated rings. The van der Waals surface area contributed by atoms with E-state index >= 15 is 0 Å². The number of nitrogens with one attached hydrogen (secondary N) is 1. The summed E-state index contributed by atoms with van der Waals surface area (Å²) in [4.78, 5) is 22.6. The van der Waals surface area contributed by atoms with Gasteiger partial charge in [-0.3, -0.25) is 9.59 Å². The normalized spacial score (nSPS) is 18.9. The molecule has 0 radical (unpaired) electrons. The van der Waals surface area contributed by atoms with Crippen molar-refractivity contribution in [2.45, 2.75) is 31.6 Å².